The number of hydrogen-bond donors (Lipinski definition) is 0. The van der Waals surface area contributed by atoms with Gasteiger partial charge in [0.2, 0.25) is 0 Å². The minimum absolute atomic E-state index is 0.265. The van der Waals surface area contributed by atoms with Gasteiger partial charge in [-0.3, -0.25) is 0 Å². The lowest BCUT2D eigenvalue weighted by molar-refractivity contribution is 0.185. The van der Waals surface area contributed by atoms with Crippen molar-refractivity contribution >= 4 is 50.5 Å². The summed E-state index contributed by atoms with van der Waals surface area (Å²) in [5.41, 5.74) is 1.09. The standard InChI is InChI=1S/C9H9BrCl2OS/c10-8(5-1-2-13-4-5)6-3-7(11)14-9(6)12/h3,5,8H,1-2,4H2. The first-order valence-electron chi connectivity index (χ1n) is 4.35. The van der Waals surface area contributed by atoms with Gasteiger partial charge in [-0.25, -0.2) is 0 Å². The zero-order valence-corrected chi connectivity index (χ0v) is 11.2. The molecule has 14 heavy (non-hydrogen) atoms. The molecule has 0 spiro atoms. The molecule has 0 aliphatic carbocycles. The maximum Gasteiger partial charge on any atom is 0.0987 e. The number of hydrogen-bond acceptors (Lipinski definition) is 2. The van der Waals surface area contributed by atoms with Crippen molar-refractivity contribution in [2.45, 2.75) is 11.2 Å². The van der Waals surface area contributed by atoms with Gasteiger partial charge < -0.3 is 4.74 Å². The number of alkyl halides is 1. The van der Waals surface area contributed by atoms with Crippen molar-refractivity contribution in [3.8, 4) is 0 Å². The van der Waals surface area contributed by atoms with Crippen LogP contribution in [0.25, 0.3) is 0 Å². The van der Waals surface area contributed by atoms with Gasteiger partial charge in [-0.1, -0.05) is 39.1 Å². The smallest absolute Gasteiger partial charge is 0.0987 e. The largest absolute Gasteiger partial charge is 0.381 e. The molecule has 1 aromatic heterocycles. The summed E-state index contributed by atoms with van der Waals surface area (Å²) in [6.07, 6.45) is 1.08. The monoisotopic (exact) mass is 314 g/mol. The van der Waals surface area contributed by atoms with E-state index in [0.29, 0.717) is 5.92 Å². The molecule has 1 nitrogen and oxygen atoms in total. The summed E-state index contributed by atoms with van der Waals surface area (Å²) >= 11 is 17.1. The van der Waals surface area contributed by atoms with E-state index in [9.17, 15) is 0 Å². The van der Waals surface area contributed by atoms with Crippen LogP contribution in [0.15, 0.2) is 6.07 Å². The summed E-state index contributed by atoms with van der Waals surface area (Å²) in [7, 11) is 0. The zero-order chi connectivity index (χ0) is 10.1. The van der Waals surface area contributed by atoms with Gasteiger partial charge in [0, 0.05) is 17.4 Å². The van der Waals surface area contributed by atoms with E-state index >= 15 is 0 Å². The van der Waals surface area contributed by atoms with Gasteiger partial charge in [0.15, 0.2) is 0 Å². The van der Waals surface area contributed by atoms with Crippen LogP contribution in [0.1, 0.15) is 16.8 Å². The second-order valence-electron chi connectivity index (χ2n) is 3.30. The Kier molecular flexibility index (Phi) is 3.77. The molecule has 2 unspecified atom stereocenters. The van der Waals surface area contributed by atoms with E-state index in [4.69, 9.17) is 27.9 Å². The fraction of sp³-hybridized carbons (Fsp3) is 0.556. The minimum Gasteiger partial charge on any atom is -0.381 e. The fourth-order valence-corrected chi connectivity index (χ4v) is 4.19. The molecule has 1 saturated heterocycles. The molecule has 78 valence electrons. The maximum absolute atomic E-state index is 6.08. The van der Waals surface area contributed by atoms with Crippen LogP contribution in [-0.4, -0.2) is 13.2 Å². The highest BCUT2D eigenvalue weighted by Crippen LogP contribution is 2.43. The van der Waals surface area contributed by atoms with Crippen molar-refractivity contribution in [3.63, 3.8) is 0 Å². The van der Waals surface area contributed by atoms with Crippen LogP contribution in [0.2, 0.25) is 8.67 Å². The molecule has 1 fully saturated rings. The van der Waals surface area contributed by atoms with Crippen LogP contribution in [0.5, 0.6) is 0 Å². The Morgan fingerprint density at radius 1 is 1.57 bits per heavy atom. The fourth-order valence-electron chi connectivity index (χ4n) is 1.58. The second kappa shape index (κ2) is 4.71. The van der Waals surface area contributed by atoms with Crippen molar-refractivity contribution in [2.24, 2.45) is 5.92 Å². The van der Waals surface area contributed by atoms with Crippen LogP contribution in [0, 0.1) is 5.92 Å². The first-order valence-corrected chi connectivity index (χ1v) is 6.84. The van der Waals surface area contributed by atoms with Crippen LogP contribution < -0.4 is 0 Å². The van der Waals surface area contributed by atoms with E-state index in [-0.39, 0.29) is 4.83 Å². The average Bonchev–Trinajstić information content (AvgIpc) is 2.73. The lowest BCUT2D eigenvalue weighted by Gasteiger charge is -2.14. The third kappa shape index (κ3) is 2.27. The first-order chi connectivity index (χ1) is 6.68. The third-order valence-corrected chi connectivity index (χ3v) is 5.12. The number of thiophene rings is 1. The van der Waals surface area contributed by atoms with E-state index in [1.807, 2.05) is 6.07 Å². The van der Waals surface area contributed by atoms with Gasteiger partial charge in [0.05, 0.1) is 15.3 Å². The lowest BCUT2D eigenvalue weighted by atomic mass is 10.0. The Balaban J connectivity index is 2.17. The van der Waals surface area contributed by atoms with E-state index in [0.717, 1.165) is 33.9 Å². The van der Waals surface area contributed by atoms with Gasteiger partial charge >= 0.3 is 0 Å². The molecule has 0 saturated carbocycles. The molecule has 1 aliphatic rings. The highest BCUT2D eigenvalue weighted by atomic mass is 79.9. The van der Waals surface area contributed by atoms with Gasteiger partial charge in [0.1, 0.15) is 0 Å². The van der Waals surface area contributed by atoms with E-state index in [2.05, 4.69) is 15.9 Å². The molecule has 0 N–H and O–H groups in total. The van der Waals surface area contributed by atoms with Crippen LogP contribution in [0.3, 0.4) is 0 Å². The summed E-state index contributed by atoms with van der Waals surface area (Å²) in [5, 5.41) is 0. The summed E-state index contributed by atoms with van der Waals surface area (Å²) < 4.78 is 6.87. The predicted molar refractivity (Wildman–Crippen MR) is 64.9 cm³/mol. The van der Waals surface area contributed by atoms with Gasteiger partial charge in [-0.2, -0.15) is 0 Å². The Morgan fingerprint density at radius 2 is 2.36 bits per heavy atom. The summed E-state index contributed by atoms with van der Waals surface area (Å²) in [6.45, 7) is 1.65. The zero-order valence-electron chi connectivity index (χ0n) is 7.30. The molecular formula is C9H9BrCl2OS. The summed E-state index contributed by atoms with van der Waals surface area (Å²) in [4.78, 5) is 0.265. The Hall–Kier alpha value is 0.720. The van der Waals surface area contributed by atoms with Gasteiger partial charge in [0.25, 0.3) is 0 Å². The normalized spacial score (nSPS) is 24.1. The van der Waals surface area contributed by atoms with Crippen molar-refractivity contribution in [2.75, 3.05) is 13.2 Å². The van der Waals surface area contributed by atoms with Crippen molar-refractivity contribution < 1.29 is 4.74 Å². The topological polar surface area (TPSA) is 9.23 Å². The van der Waals surface area contributed by atoms with Gasteiger partial charge in [-0.15, -0.1) is 11.3 Å². The number of ether oxygens (including phenoxy) is 1. The highest BCUT2D eigenvalue weighted by molar-refractivity contribution is 9.09. The van der Waals surface area contributed by atoms with Crippen molar-refractivity contribution in [3.05, 3.63) is 20.3 Å². The SMILES string of the molecule is Clc1cc(C(Br)C2CCOC2)c(Cl)s1. The first kappa shape index (κ1) is 11.2. The van der Waals surface area contributed by atoms with Crippen LogP contribution in [-0.2, 0) is 4.74 Å². The average molecular weight is 316 g/mol. The molecule has 1 aliphatic heterocycles. The number of rotatable bonds is 2. The lowest BCUT2D eigenvalue weighted by Crippen LogP contribution is -2.06. The van der Waals surface area contributed by atoms with Gasteiger partial charge in [-0.05, 0) is 18.1 Å². The molecule has 0 bridgehead atoms. The van der Waals surface area contributed by atoms with Crippen LogP contribution >= 0.6 is 50.5 Å². The van der Waals surface area contributed by atoms with E-state index in [1.54, 1.807) is 0 Å². The van der Waals surface area contributed by atoms with E-state index < -0.39 is 0 Å². The molecule has 5 heteroatoms. The highest BCUT2D eigenvalue weighted by Gasteiger charge is 2.27. The Labute approximate surface area is 105 Å². The van der Waals surface area contributed by atoms with Crippen molar-refractivity contribution in [1.82, 2.24) is 0 Å². The Morgan fingerprint density at radius 3 is 2.86 bits per heavy atom. The summed E-state index contributed by atoms with van der Waals surface area (Å²) in [5.74, 6) is 0.512. The molecule has 1 aromatic rings. The quantitative estimate of drug-likeness (QED) is 0.729. The molecule has 0 aromatic carbocycles. The molecule has 2 rings (SSSR count). The molecule has 2 heterocycles. The van der Waals surface area contributed by atoms with E-state index in [1.165, 1.54) is 11.3 Å². The Bertz CT molecular complexity index is 323. The minimum atomic E-state index is 0.265. The summed E-state index contributed by atoms with van der Waals surface area (Å²) in [6, 6.07) is 1.94. The maximum atomic E-state index is 6.08. The number of halogens is 3. The second-order valence-corrected chi connectivity index (χ2v) is 6.58. The molecule has 0 amide bonds. The predicted octanol–water partition coefficient (Wildman–Crippen LogP) is 4.53. The molecule has 0 radical (unpaired) electrons. The third-order valence-electron chi connectivity index (χ3n) is 2.36. The van der Waals surface area contributed by atoms with Crippen molar-refractivity contribution in [1.29, 1.82) is 0 Å². The molecule has 2 atom stereocenters. The molecular weight excluding hydrogens is 307 g/mol. The van der Waals surface area contributed by atoms with Crippen LogP contribution in [0.4, 0.5) is 0 Å².